The van der Waals surface area contributed by atoms with Crippen molar-refractivity contribution in [1.82, 2.24) is 29.9 Å². The van der Waals surface area contributed by atoms with Gasteiger partial charge in [0.25, 0.3) is 0 Å². The molecule has 9 nitrogen and oxygen atoms in total. The first-order chi connectivity index (χ1) is 11.2. The van der Waals surface area contributed by atoms with Gasteiger partial charge in [0.05, 0.1) is 17.6 Å². The summed E-state index contributed by atoms with van der Waals surface area (Å²) in [6, 6.07) is 2.05. The Morgan fingerprint density at radius 1 is 1.43 bits per heavy atom. The smallest absolute Gasteiger partial charge is 0.222 e. The van der Waals surface area contributed by atoms with E-state index in [1.165, 1.54) is 6.92 Å². The van der Waals surface area contributed by atoms with Gasteiger partial charge < -0.3 is 10.2 Å². The minimum absolute atomic E-state index is 0.119. The molecule has 4 heterocycles. The number of hydrogen-bond donors (Lipinski definition) is 2. The number of rotatable bonds is 3. The van der Waals surface area contributed by atoms with Crippen LogP contribution in [0.3, 0.4) is 0 Å². The van der Waals surface area contributed by atoms with Gasteiger partial charge in [-0.15, -0.1) is 0 Å². The van der Waals surface area contributed by atoms with Gasteiger partial charge in [0.15, 0.2) is 11.5 Å². The Kier molecular flexibility index (Phi) is 3.18. The lowest BCUT2D eigenvalue weighted by atomic mass is 10.3. The van der Waals surface area contributed by atoms with Gasteiger partial charge in [0.1, 0.15) is 12.1 Å². The number of aromatic amines is 1. The third-order valence-electron chi connectivity index (χ3n) is 3.98. The highest BCUT2D eigenvalue weighted by atomic mass is 16.1. The van der Waals surface area contributed by atoms with Gasteiger partial charge in [-0.05, 0) is 6.42 Å². The molecular weight excluding hydrogens is 296 g/mol. The molecule has 0 radical (unpaired) electrons. The van der Waals surface area contributed by atoms with Crippen molar-refractivity contribution in [3.05, 3.63) is 24.8 Å². The summed E-state index contributed by atoms with van der Waals surface area (Å²) in [6.07, 6.45) is 6.16. The van der Waals surface area contributed by atoms with Crippen molar-refractivity contribution in [2.75, 3.05) is 23.3 Å². The molecule has 1 saturated heterocycles. The maximum absolute atomic E-state index is 11.1. The fourth-order valence-electron chi connectivity index (χ4n) is 2.94. The number of nitrogens with one attached hydrogen (secondary N) is 2. The Balaban J connectivity index is 1.54. The van der Waals surface area contributed by atoms with Crippen LogP contribution in [0, 0.1) is 0 Å². The Hall–Kier alpha value is -2.97. The number of hydrogen-bond acceptors (Lipinski definition) is 6. The van der Waals surface area contributed by atoms with Crippen LogP contribution < -0.4 is 10.2 Å². The van der Waals surface area contributed by atoms with E-state index in [-0.39, 0.29) is 11.9 Å². The van der Waals surface area contributed by atoms with Gasteiger partial charge in [0.2, 0.25) is 5.91 Å². The number of amides is 1. The highest BCUT2D eigenvalue weighted by molar-refractivity contribution is 5.87. The van der Waals surface area contributed by atoms with E-state index in [4.69, 9.17) is 0 Å². The van der Waals surface area contributed by atoms with Gasteiger partial charge >= 0.3 is 0 Å². The van der Waals surface area contributed by atoms with Crippen LogP contribution >= 0.6 is 0 Å². The summed E-state index contributed by atoms with van der Waals surface area (Å²) < 4.78 is 1.90. The van der Waals surface area contributed by atoms with Crippen molar-refractivity contribution in [3.63, 3.8) is 0 Å². The summed E-state index contributed by atoms with van der Waals surface area (Å²) >= 11 is 0. The predicted octanol–water partition coefficient (Wildman–Crippen LogP) is 0.959. The summed E-state index contributed by atoms with van der Waals surface area (Å²) in [7, 11) is 0. The summed E-state index contributed by atoms with van der Waals surface area (Å²) in [4.78, 5) is 21.9. The fraction of sp³-hybridized carbons (Fsp3) is 0.357. The molecule has 1 unspecified atom stereocenters. The van der Waals surface area contributed by atoms with Crippen molar-refractivity contribution >= 4 is 28.6 Å². The highest BCUT2D eigenvalue weighted by Crippen LogP contribution is 2.29. The molecule has 1 atom stereocenters. The molecule has 3 aromatic rings. The molecule has 0 aliphatic carbocycles. The van der Waals surface area contributed by atoms with E-state index in [2.05, 4.69) is 35.5 Å². The van der Waals surface area contributed by atoms with Gasteiger partial charge in [0, 0.05) is 32.3 Å². The van der Waals surface area contributed by atoms with Crippen molar-refractivity contribution in [2.24, 2.45) is 0 Å². The first-order valence-electron chi connectivity index (χ1n) is 7.42. The SMILES string of the molecule is CC(=O)Nc1ccn(C2CCN(c3ncnc4[nH]ncc34)C2)n1. The molecule has 2 N–H and O–H groups in total. The quantitative estimate of drug-likeness (QED) is 0.746. The van der Waals surface area contributed by atoms with Crippen LogP contribution in [0.15, 0.2) is 24.8 Å². The number of anilines is 2. The number of aromatic nitrogens is 6. The number of carbonyl (C=O) groups is 1. The van der Waals surface area contributed by atoms with E-state index < -0.39 is 0 Å². The first kappa shape index (κ1) is 13.7. The standard InChI is InChI=1S/C14H16N8O/c1-9(23)18-12-3-5-22(20-12)10-2-4-21(7-10)14-11-6-17-19-13(11)15-8-16-14/h3,5-6,8,10H,2,4,7H2,1H3,(H,18,20,23)(H,15,16,17,19). The second kappa shape index (κ2) is 5.34. The van der Waals surface area contributed by atoms with E-state index in [1.807, 2.05) is 16.9 Å². The summed E-state index contributed by atoms with van der Waals surface area (Å²) in [5.41, 5.74) is 0.741. The van der Waals surface area contributed by atoms with E-state index >= 15 is 0 Å². The topological polar surface area (TPSA) is 105 Å². The molecule has 1 aliphatic rings. The molecule has 0 saturated carbocycles. The molecule has 1 fully saturated rings. The Bertz CT molecular complexity index is 853. The predicted molar refractivity (Wildman–Crippen MR) is 84.1 cm³/mol. The molecule has 4 rings (SSSR count). The van der Waals surface area contributed by atoms with Gasteiger partial charge in [-0.2, -0.15) is 10.2 Å². The molecule has 1 amide bonds. The molecule has 23 heavy (non-hydrogen) atoms. The second-order valence-corrected chi connectivity index (χ2v) is 5.58. The molecule has 0 aromatic carbocycles. The number of fused-ring (bicyclic) bond motifs is 1. The molecule has 1 aliphatic heterocycles. The van der Waals surface area contributed by atoms with Crippen molar-refractivity contribution in [2.45, 2.75) is 19.4 Å². The largest absolute Gasteiger partial charge is 0.354 e. The normalized spacial score (nSPS) is 17.8. The summed E-state index contributed by atoms with van der Waals surface area (Å²) in [5.74, 6) is 1.35. The van der Waals surface area contributed by atoms with E-state index in [1.54, 1.807) is 12.5 Å². The molecule has 3 aromatic heterocycles. The fourth-order valence-corrected chi connectivity index (χ4v) is 2.94. The van der Waals surface area contributed by atoms with E-state index in [0.29, 0.717) is 5.82 Å². The number of nitrogens with zero attached hydrogens (tertiary/aromatic N) is 6. The van der Waals surface area contributed by atoms with Crippen LogP contribution in [-0.2, 0) is 4.79 Å². The minimum Gasteiger partial charge on any atom is -0.354 e. The van der Waals surface area contributed by atoms with E-state index in [0.717, 1.165) is 36.4 Å². The zero-order valence-electron chi connectivity index (χ0n) is 12.6. The van der Waals surface area contributed by atoms with Crippen LogP contribution in [0.4, 0.5) is 11.6 Å². The van der Waals surface area contributed by atoms with Crippen LogP contribution in [-0.4, -0.2) is 48.9 Å². The van der Waals surface area contributed by atoms with Crippen LogP contribution in [0.1, 0.15) is 19.4 Å². The van der Waals surface area contributed by atoms with Crippen molar-refractivity contribution in [3.8, 4) is 0 Å². The molecule has 0 spiro atoms. The van der Waals surface area contributed by atoms with Crippen LogP contribution in [0.5, 0.6) is 0 Å². The van der Waals surface area contributed by atoms with E-state index in [9.17, 15) is 4.79 Å². The molecule has 118 valence electrons. The van der Waals surface area contributed by atoms with Crippen LogP contribution in [0.2, 0.25) is 0 Å². The monoisotopic (exact) mass is 312 g/mol. The third-order valence-corrected chi connectivity index (χ3v) is 3.98. The molecular formula is C14H16N8O. The molecule has 0 bridgehead atoms. The maximum Gasteiger partial charge on any atom is 0.222 e. The van der Waals surface area contributed by atoms with Gasteiger partial charge in [-0.25, -0.2) is 9.97 Å². The lowest BCUT2D eigenvalue weighted by molar-refractivity contribution is -0.114. The lowest BCUT2D eigenvalue weighted by Gasteiger charge is -2.17. The Morgan fingerprint density at radius 3 is 3.22 bits per heavy atom. The first-order valence-corrected chi connectivity index (χ1v) is 7.42. The maximum atomic E-state index is 11.1. The van der Waals surface area contributed by atoms with Crippen LogP contribution in [0.25, 0.3) is 11.0 Å². The zero-order chi connectivity index (χ0) is 15.8. The third kappa shape index (κ3) is 2.50. The average molecular weight is 312 g/mol. The Labute approximate surface area is 131 Å². The highest BCUT2D eigenvalue weighted by Gasteiger charge is 2.27. The average Bonchev–Trinajstić information content (AvgIpc) is 3.26. The molecule has 9 heteroatoms. The zero-order valence-corrected chi connectivity index (χ0v) is 12.6. The van der Waals surface area contributed by atoms with Crippen molar-refractivity contribution in [1.29, 1.82) is 0 Å². The summed E-state index contributed by atoms with van der Waals surface area (Å²) in [6.45, 7) is 3.16. The van der Waals surface area contributed by atoms with Crippen molar-refractivity contribution < 1.29 is 4.79 Å². The lowest BCUT2D eigenvalue weighted by Crippen LogP contribution is -2.22. The number of carbonyl (C=O) groups excluding carboxylic acids is 1. The summed E-state index contributed by atoms with van der Waals surface area (Å²) in [5, 5.41) is 14.9. The Morgan fingerprint density at radius 2 is 2.35 bits per heavy atom. The van der Waals surface area contributed by atoms with Gasteiger partial charge in [-0.1, -0.05) is 0 Å². The number of H-pyrrole nitrogens is 1. The minimum atomic E-state index is -0.119. The second-order valence-electron chi connectivity index (χ2n) is 5.58. The van der Waals surface area contributed by atoms with Gasteiger partial charge in [-0.3, -0.25) is 14.6 Å².